The second-order valence-corrected chi connectivity index (χ2v) is 7.08. The van der Waals surface area contributed by atoms with Crippen molar-refractivity contribution >= 4 is 63.7 Å². The molecule has 2 aromatic rings. The molecule has 1 aliphatic heterocycles. The Kier molecular flexibility index (Phi) is 5.55. The number of amides is 2. The van der Waals surface area contributed by atoms with Crippen LogP contribution in [0.2, 0.25) is 15.1 Å². The summed E-state index contributed by atoms with van der Waals surface area (Å²) in [7, 11) is 0. The largest absolute Gasteiger partial charge is 0.326 e. The number of hydrogen-bond donors (Lipinski definition) is 1. The van der Waals surface area contributed by atoms with Crippen LogP contribution in [0.25, 0.3) is 0 Å². The maximum atomic E-state index is 12.5. The number of anilines is 2. The fraction of sp³-hybridized carbons (Fsp3) is 0.176. The molecule has 3 rings (SSSR count). The number of carbonyl (C=O) groups is 2. The molecule has 1 N–H and O–H groups in total. The predicted octanol–water partition coefficient (Wildman–Crippen LogP) is 4.55. The Morgan fingerprint density at radius 1 is 1.19 bits per heavy atom. The standard InChI is InChI=1S/C17H12Cl3N3O4/c18-11-5-4-10(7-14(11)23(26)27)21-17(25)9-6-15(24)22(8-9)13-3-1-2-12(19)16(13)20/h1-5,7,9H,6,8H2,(H,21,25)/t9-/m0/s1. The number of nitrogens with zero attached hydrogens (tertiary/aromatic N) is 2. The minimum absolute atomic E-state index is 0.00956. The maximum absolute atomic E-state index is 12.5. The second-order valence-electron chi connectivity index (χ2n) is 5.89. The number of hydrogen-bond acceptors (Lipinski definition) is 4. The number of benzene rings is 2. The fourth-order valence-corrected chi connectivity index (χ4v) is 3.38. The van der Waals surface area contributed by atoms with Crippen molar-refractivity contribution in [2.24, 2.45) is 5.92 Å². The lowest BCUT2D eigenvalue weighted by molar-refractivity contribution is -0.384. The van der Waals surface area contributed by atoms with Crippen LogP contribution in [0.4, 0.5) is 17.1 Å². The zero-order valence-corrected chi connectivity index (χ0v) is 15.9. The number of nitrogens with one attached hydrogen (secondary N) is 1. The molecule has 7 nitrogen and oxygen atoms in total. The van der Waals surface area contributed by atoms with E-state index in [1.54, 1.807) is 18.2 Å². The molecule has 0 bridgehead atoms. The molecule has 1 saturated heterocycles. The van der Waals surface area contributed by atoms with Gasteiger partial charge in [0, 0.05) is 24.7 Å². The number of nitro groups is 1. The first-order chi connectivity index (χ1) is 12.8. The summed E-state index contributed by atoms with van der Waals surface area (Å²) in [5.74, 6) is -1.33. The minimum Gasteiger partial charge on any atom is -0.326 e. The molecule has 0 radical (unpaired) electrons. The van der Waals surface area contributed by atoms with Crippen LogP contribution in [0, 0.1) is 16.0 Å². The van der Waals surface area contributed by atoms with Gasteiger partial charge in [0.05, 0.1) is 26.6 Å². The second kappa shape index (κ2) is 7.72. The van der Waals surface area contributed by atoms with Gasteiger partial charge in [0.1, 0.15) is 5.02 Å². The van der Waals surface area contributed by atoms with E-state index in [-0.39, 0.29) is 40.3 Å². The first-order valence-electron chi connectivity index (χ1n) is 7.77. The molecular weight excluding hydrogens is 417 g/mol. The molecule has 10 heteroatoms. The van der Waals surface area contributed by atoms with E-state index in [1.165, 1.54) is 23.1 Å². The van der Waals surface area contributed by atoms with Crippen molar-refractivity contribution in [2.75, 3.05) is 16.8 Å². The zero-order chi connectivity index (χ0) is 19.7. The Hall–Kier alpha value is -2.35. The minimum atomic E-state index is -0.639. The van der Waals surface area contributed by atoms with E-state index in [0.29, 0.717) is 10.7 Å². The highest BCUT2D eigenvalue weighted by Gasteiger charge is 2.36. The molecular formula is C17H12Cl3N3O4. The smallest absolute Gasteiger partial charge is 0.289 e. The van der Waals surface area contributed by atoms with E-state index >= 15 is 0 Å². The van der Waals surface area contributed by atoms with Gasteiger partial charge >= 0.3 is 0 Å². The van der Waals surface area contributed by atoms with Crippen LogP contribution in [0.15, 0.2) is 36.4 Å². The third kappa shape index (κ3) is 4.00. The predicted molar refractivity (Wildman–Crippen MR) is 104 cm³/mol. The van der Waals surface area contributed by atoms with Gasteiger partial charge in [-0.25, -0.2) is 0 Å². The lowest BCUT2D eigenvalue weighted by Gasteiger charge is -2.18. The van der Waals surface area contributed by atoms with Gasteiger partial charge in [-0.3, -0.25) is 19.7 Å². The molecule has 1 heterocycles. The summed E-state index contributed by atoms with van der Waals surface area (Å²) in [5.41, 5.74) is 0.346. The molecule has 0 saturated carbocycles. The highest BCUT2D eigenvalue weighted by atomic mass is 35.5. The Labute approximate surface area is 169 Å². The van der Waals surface area contributed by atoms with Gasteiger partial charge in [-0.2, -0.15) is 0 Å². The summed E-state index contributed by atoms with van der Waals surface area (Å²) >= 11 is 17.9. The van der Waals surface area contributed by atoms with E-state index < -0.39 is 16.7 Å². The van der Waals surface area contributed by atoms with Crippen molar-refractivity contribution in [1.29, 1.82) is 0 Å². The van der Waals surface area contributed by atoms with Crippen molar-refractivity contribution in [3.05, 3.63) is 61.6 Å². The van der Waals surface area contributed by atoms with Crippen LogP contribution in [-0.4, -0.2) is 23.3 Å². The molecule has 1 atom stereocenters. The highest BCUT2D eigenvalue weighted by Crippen LogP contribution is 2.36. The van der Waals surface area contributed by atoms with Crippen molar-refractivity contribution in [3.8, 4) is 0 Å². The number of halogens is 3. The van der Waals surface area contributed by atoms with Crippen molar-refractivity contribution in [2.45, 2.75) is 6.42 Å². The van der Waals surface area contributed by atoms with Gasteiger partial charge in [0.2, 0.25) is 11.8 Å². The summed E-state index contributed by atoms with van der Waals surface area (Å²) in [6.45, 7) is 0.125. The Balaban J connectivity index is 1.76. The summed E-state index contributed by atoms with van der Waals surface area (Å²) in [6, 6.07) is 8.86. The Morgan fingerprint density at radius 3 is 2.63 bits per heavy atom. The maximum Gasteiger partial charge on any atom is 0.289 e. The van der Waals surface area contributed by atoms with Gasteiger partial charge in [-0.15, -0.1) is 0 Å². The Bertz CT molecular complexity index is 951. The van der Waals surface area contributed by atoms with Gasteiger partial charge in [0.25, 0.3) is 5.69 Å². The fourth-order valence-electron chi connectivity index (χ4n) is 2.79. The first-order valence-corrected chi connectivity index (χ1v) is 8.90. The molecule has 2 amide bonds. The zero-order valence-electron chi connectivity index (χ0n) is 13.6. The van der Waals surface area contributed by atoms with Crippen LogP contribution < -0.4 is 10.2 Å². The van der Waals surface area contributed by atoms with E-state index in [0.717, 1.165) is 0 Å². The SMILES string of the molecule is O=C(Nc1ccc(Cl)c([N+](=O)[O-])c1)[C@H]1CC(=O)N(c2cccc(Cl)c2Cl)C1. The van der Waals surface area contributed by atoms with Gasteiger partial charge < -0.3 is 10.2 Å². The third-order valence-electron chi connectivity index (χ3n) is 4.13. The van der Waals surface area contributed by atoms with E-state index in [1.807, 2.05) is 0 Å². The quantitative estimate of drug-likeness (QED) is 0.571. The summed E-state index contributed by atoms with van der Waals surface area (Å²) < 4.78 is 0. The van der Waals surface area contributed by atoms with Crippen LogP contribution in [0.1, 0.15) is 6.42 Å². The van der Waals surface area contributed by atoms with E-state index in [2.05, 4.69) is 5.32 Å². The van der Waals surface area contributed by atoms with Crippen molar-refractivity contribution in [1.82, 2.24) is 0 Å². The Morgan fingerprint density at radius 2 is 1.93 bits per heavy atom. The monoisotopic (exact) mass is 427 g/mol. The summed E-state index contributed by atoms with van der Waals surface area (Å²) in [4.78, 5) is 36.6. The molecule has 1 aliphatic rings. The normalized spacial score (nSPS) is 16.5. The van der Waals surface area contributed by atoms with Gasteiger partial charge in [0.15, 0.2) is 0 Å². The number of rotatable bonds is 4. The van der Waals surface area contributed by atoms with Crippen LogP contribution >= 0.6 is 34.8 Å². The van der Waals surface area contributed by atoms with E-state index in [9.17, 15) is 19.7 Å². The average molecular weight is 429 g/mol. The van der Waals surface area contributed by atoms with Gasteiger partial charge in [-0.05, 0) is 24.3 Å². The molecule has 0 spiro atoms. The lowest BCUT2D eigenvalue weighted by atomic mass is 10.1. The van der Waals surface area contributed by atoms with Crippen molar-refractivity contribution in [3.63, 3.8) is 0 Å². The molecule has 0 aromatic heterocycles. The third-order valence-corrected chi connectivity index (χ3v) is 5.26. The van der Waals surface area contributed by atoms with Crippen LogP contribution in [0.5, 0.6) is 0 Å². The summed E-state index contributed by atoms with van der Waals surface area (Å²) in [6.07, 6.45) is -0.00956. The first kappa shape index (κ1) is 19.4. The molecule has 140 valence electrons. The van der Waals surface area contributed by atoms with Crippen LogP contribution in [0.3, 0.4) is 0 Å². The van der Waals surface area contributed by atoms with E-state index in [4.69, 9.17) is 34.8 Å². The molecule has 0 aliphatic carbocycles. The van der Waals surface area contributed by atoms with Gasteiger partial charge in [-0.1, -0.05) is 40.9 Å². The topological polar surface area (TPSA) is 92.5 Å². The molecule has 27 heavy (non-hydrogen) atoms. The average Bonchev–Trinajstić information content (AvgIpc) is 3.00. The lowest BCUT2D eigenvalue weighted by Crippen LogP contribution is -2.28. The number of carbonyl (C=O) groups excluding carboxylic acids is 2. The van der Waals surface area contributed by atoms with Crippen LogP contribution in [-0.2, 0) is 9.59 Å². The number of nitro benzene ring substituents is 1. The highest BCUT2D eigenvalue weighted by molar-refractivity contribution is 6.44. The molecule has 1 fully saturated rings. The molecule has 0 unspecified atom stereocenters. The molecule has 2 aromatic carbocycles. The summed E-state index contributed by atoms with van der Waals surface area (Å²) in [5, 5.41) is 14.1. The van der Waals surface area contributed by atoms with Crippen molar-refractivity contribution < 1.29 is 14.5 Å².